The average molecular weight is 222 g/mol. The van der Waals surface area contributed by atoms with Crippen LogP contribution in [0.5, 0.6) is 0 Å². The minimum absolute atomic E-state index is 0.0914. The van der Waals surface area contributed by atoms with Crippen molar-refractivity contribution in [3.8, 4) is 0 Å². The normalized spacial score (nSPS) is 20.4. The molecule has 0 aromatic heterocycles. The SMILES string of the molecule is [CH]NS(=O)(=O)CCN1CCSCC1. The van der Waals surface area contributed by atoms with Crippen molar-refractivity contribution >= 4 is 21.8 Å². The highest BCUT2D eigenvalue weighted by atomic mass is 32.2. The lowest BCUT2D eigenvalue weighted by atomic mass is 10.5. The highest BCUT2D eigenvalue weighted by Gasteiger charge is 2.13. The predicted molar refractivity (Wildman–Crippen MR) is 55.0 cm³/mol. The summed E-state index contributed by atoms with van der Waals surface area (Å²) < 4.78 is 23.8. The Balaban J connectivity index is 2.25. The Hall–Kier alpha value is 0.220. The third-order valence-electron chi connectivity index (χ3n) is 1.96. The zero-order chi connectivity index (χ0) is 9.73. The molecular formula is C7H14N2O2S2. The van der Waals surface area contributed by atoms with Crippen molar-refractivity contribution in [2.24, 2.45) is 0 Å². The summed E-state index contributed by atoms with van der Waals surface area (Å²) in [5.41, 5.74) is 0. The van der Waals surface area contributed by atoms with Gasteiger partial charge in [0, 0.05) is 31.1 Å². The summed E-state index contributed by atoms with van der Waals surface area (Å²) in [5, 5.41) is 0. The fraction of sp³-hybridized carbons (Fsp3) is 0.857. The van der Waals surface area contributed by atoms with Crippen LogP contribution < -0.4 is 4.72 Å². The van der Waals surface area contributed by atoms with Crippen LogP contribution in [-0.2, 0) is 10.0 Å². The van der Waals surface area contributed by atoms with Crippen molar-refractivity contribution in [2.45, 2.75) is 0 Å². The maximum absolute atomic E-state index is 11.0. The molecule has 1 N–H and O–H groups in total. The molecule has 1 rings (SSSR count). The monoisotopic (exact) mass is 222 g/mol. The molecule has 1 saturated heterocycles. The molecular weight excluding hydrogens is 208 g/mol. The van der Waals surface area contributed by atoms with Crippen LogP contribution >= 0.6 is 11.8 Å². The Labute approximate surface area is 84.1 Å². The number of thioether (sulfide) groups is 1. The van der Waals surface area contributed by atoms with Gasteiger partial charge in [0.1, 0.15) is 0 Å². The lowest BCUT2D eigenvalue weighted by Crippen LogP contribution is -2.37. The molecule has 1 aliphatic rings. The quantitative estimate of drug-likeness (QED) is 0.659. The molecule has 0 amide bonds. The van der Waals surface area contributed by atoms with Gasteiger partial charge in [0.15, 0.2) is 0 Å². The Bertz CT molecular complexity index is 235. The van der Waals surface area contributed by atoms with E-state index in [2.05, 4.69) is 4.90 Å². The summed E-state index contributed by atoms with van der Waals surface area (Å²) in [6, 6.07) is 0. The van der Waals surface area contributed by atoms with Crippen LogP contribution in [0.3, 0.4) is 0 Å². The number of rotatable bonds is 4. The first-order valence-electron chi connectivity index (χ1n) is 4.14. The maximum atomic E-state index is 11.0. The van der Waals surface area contributed by atoms with Crippen LogP contribution in [0.1, 0.15) is 0 Å². The highest BCUT2D eigenvalue weighted by molar-refractivity contribution is 7.99. The molecule has 0 spiro atoms. The standard InChI is InChI=1S/C7H14N2O2S2/c1-8-13(10,11)7-4-9-2-5-12-6-3-9/h1,8H,2-7H2. The van der Waals surface area contributed by atoms with Gasteiger partial charge < -0.3 is 4.90 Å². The molecule has 0 aromatic rings. The van der Waals surface area contributed by atoms with E-state index in [4.69, 9.17) is 7.05 Å². The van der Waals surface area contributed by atoms with Gasteiger partial charge in [-0.2, -0.15) is 11.8 Å². The van der Waals surface area contributed by atoms with Crippen molar-refractivity contribution < 1.29 is 8.42 Å². The van der Waals surface area contributed by atoms with Gasteiger partial charge in [-0.3, -0.25) is 0 Å². The van der Waals surface area contributed by atoms with Crippen LogP contribution in [0.15, 0.2) is 0 Å². The Kier molecular flexibility index (Phi) is 4.51. The van der Waals surface area contributed by atoms with Crippen LogP contribution in [0.4, 0.5) is 0 Å². The Morgan fingerprint density at radius 1 is 1.38 bits per heavy atom. The van der Waals surface area contributed by atoms with Gasteiger partial charge >= 0.3 is 0 Å². The summed E-state index contributed by atoms with van der Waals surface area (Å²) in [6.07, 6.45) is 0. The van der Waals surface area contributed by atoms with Gasteiger partial charge in [-0.05, 0) is 0 Å². The first kappa shape index (κ1) is 11.3. The molecule has 0 bridgehead atoms. The first-order chi connectivity index (χ1) is 6.14. The van der Waals surface area contributed by atoms with Gasteiger partial charge in [0.2, 0.25) is 10.0 Å². The van der Waals surface area contributed by atoms with Crippen LogP contribution in [-0.4, -0.2) is 50.2 Å². The van der Waals surface area contributed by atoms with Crippen LogP contribution in [0.2, 0.25) is 0 Å². The number of nitrogens with zero attached hydrogens (tertiary/aromatic N) is 1. The molecule has 1 aliphatic heterocycles. The van der Waals surface area contributed by atoms with Crippen LogP contribution in [0, 0.1) is 7.05 Å². The molecule has 4 nitrogen and oxygen atoms in total. The van der Waals surface area contributed by atoms with Crippen molar-refractivity contribution in [1.82, 2.24) is 9.62 Å². The van der Waals surface area contributed by atoms with Gasteiger partial charge in [-0.1, -0.05) is 0 Å². The topological polar surface area (TPSA) is 49.4 Å². The Morgan fingerprint density at radius 3 is 2.54 bits per heavy atom. The second-order valence-corrected chi connectivity index (χ2v) is 5.99. The number of nitrogens with one attached hydrogen (secondary N) is 1. The molecule has 13 heavy (non-hydrogen) atoms. The molecule has 2 radical (unpaired) electrons. The second kappa shape index (κ2) is 5.19. The molecule has 1 fully saturated rings. The van der Waals surface area contributed by atoms with E-state index in [1.54, 1.807) is 0 Å². The zero-order valence-corrected chi connectivity index (χ0v) is 9.03. The molecule has 1 heterocycles. The maximum Gasteiger partial charge on any atom is 0.213 e. The highest BCUT2D eigenvalue weighted by Crippen LogP contribution is 2.08. The fourth-order valence-electron chi connectivity index (χ4n) is 1.13. The average Bonchev–Trinajstić information content (AvgIpc) is 2.17. The molecule has 0 saturated carbocycles. The molecule has 0 atom stereocenters. The zero-order valence-electron chi connectivity index (χ0n) is 7.40. The van der Waals surface area contributed by atoms with Crippen molar-refractivity contribution in [3.05, 3.63) is 7.05 Å². The third-order valence-corrected chi connectivity index (χ3v) is 3.98. The van der Waals surface area contributed by atoms with Crippen LogP contribution in [0.25, 0.3) is 0 Å². The van der Waals surface area contributed by atoms with E-state index < -0.39 is 10.0 Å². The number of hydrogen-bond donors (Lipinski definition) is 1. The lowest BCUT2D eigenvalue weighted by Gasteiger charge is -2.25. The van der Waals surface area contributed by atoms with Gasteiger partial charge in [0.25, 0.3) is 0 Å². The van der Waals surface area contributed by atoms with E-state index >= 15 is 0 Å². The number of sulfonamides is 1. The summed E-state index contributed by atoms with van der Waals surface area (Å²) in [4.78, 5) is 2.14. The lowest BCUT2D eigenvalue weighted by molar-refractivity contribution is 0.320. The van der Waals surface area contributed by atoms with E-state index in [1.165, 1.54) is 0 Å². The molecule has 0 aliphatic carbocycles. The molecule has 0 aromatic carbocycles. The molecule has 0 unspecified atom stereocenters. The summed E-state index contributed by atoms with van der Waals surface area (Å²) in [5.74, 6) is 2.28. The molecule has 76 valence electrons. The van der Waals surface area contributed by atoms with Crippen molar-refractivity contribution in [3.63, 3.8) is 0 Å². The summed E-state index contributed by atoms with van der Waals surface area (Å²) >= 11 is 1.91. The van der Waals surface area contributed by atoms with Crippen molar-refractivity contribution in [1.29, 1.82) is 0 Å². The summed E-state index contributed by atoms with van der Waals surface area (Å²) in [7, 11) is 1.62. The molecule has 6 heteroatoms. The van der Waals surface area contributed by atoms with E-state index in [1.807, 2.05) is 16.5 Å². The van der Waals surface area contributed by atoms with Gasteiger partial charge in [-0.15, -0.1) is 0 Å². The first-order valence-corrected chi connectivity index (χ1v) is 6.95. The fourth-order valence-corrected chi connectivity index (χ4v) is 2.73. The minimum Gasteiger partial charge on any atom is -0.301 e. The predicted octanol–water partition coefficient (Wildman–Crippen LogP) is -0.377. The van der Waals surface area contributed by atoms with E-state index in [0.717, 1.165) is 24.6 Å². The largest absolute Gasteiger partial charge is 0.301 e. The second-order valence-electron chi connectivity index (χ2n) is 2.89. The van der Waals surface area contributed by atoms with Crippen molar-refractivity contribution in [2.75, 3.05) is 36.9 Å². The number of hydrogen-bond acceptors (Lipinski definition) is 4. The van der Waals surface area contributed by atoms with E-state index in [0.29, 0.717) is 6.54 Å². The van der Waals surface area contributed by atoms with Gasteiger partial charge in [-0.25, -0.2) is 13.1 Å². The Morgan fingerprint density at radius 2 is 2.00 bits per heavy atom. The smallest absolute Gasteiger partial charge is 0.213 e. The minimum atomic E-state index is -3.24. The third kappa shape index (κ3) is 4.30. The van der Waals surface area contributed by atoms with Gasteiger partial charge in [0.05, 0.1) is 12.8 Å². The summed E-state index contributed by atoms with van der Waals surface area (Å²) in [6.45, 7) is 2.53. The van der Waals surface area contributed by atoms with E-state index in [-0.39, 0.29) is 5.75 Å². The van der Waals surface area contributed by atoms with E-state index in [9.17, 15) is 8.42 Å².